The number of thiazole rings is 1. The van der Waals surface area contributed by atoms with E-state index >= 15 is 0 Å². The average Bonchev–Trinajstić information content (AvgIpc) is 3.37. The summed E-state index contributed by atoms with van der Waals surface area (Å²) >= 11 is 3.14. The van der Waals surface area contributed by atoms with Crippen LogP contribution in [0.4, 0.5) is 0 Å². The molecule has 4 rings (SSSR count). The number of carbonyl (C=O) groups is 1. The summed E-state index contributed by atoms with van der Waals surface area (Å²) in [6.07, 6.45) is 0.994. The molecule has 2 aromatic heterocycles. The minimum Gasteiger partial charge on any atom is -0.347 e. The van der Waals surface area contributed by atoms with E-state index < -0.39 is 0 Å². The van der Waals surface area contributed by atoms with Gasteiger partial charge in [0.05, 0.1) is 10.6 Å². The van der Waals surface area contributed by atoms with E-state index in [-0.39, 0.29) is 11.9 Å². The zero-order valence-electron chi connectivity index (χ0n) is 14.6. The summed E-state index contributed by atoms with van der Waals surface area (Å²) in [6.45, 7) is 4.77. The fraction of sp³-hybridized carbons (Fsp3) is 0.300. The molecule has 0 spiro atoms. The Morgan fingerprint density at radius 1 is 1.27 bits per heavy atom. The second-order valence-corrected chi connectivity index (χ2v) is 8.54. The Labute approximate surface area is 161 Å². The molecule has 1 aromatic carbocycles. The number of amides is 1. The summed E-state index contributed by atoms with van der Waals surface area (Å²) in [7, 11) is 0. The normalized spacial score (nSPS) is 17.5. The Morgan fingerprint density at radius 3 is 2.88 bits per heavy atom. The average molecular weight is 384 g/mol. The minimum atomic E-state index is 0.00867. The van der Waals surface area contributed by atoms with E-state index in [9.17, 15) is 4.79 Å². The third-order valence-corrected chi connectivity index (χ3v) is 6.79. The lowest BCUT2D eigenvalue weighted by atomic mass is 10.2. The zero-order chi connectivity index (χ0) is 17.9. The highest BCUT2D eigenvalue weighted by Gasteiger charge is 2.26. The second-order valence-electron chi connectivity index (χ2n) is 6.59. The smallest absolute Gasteiger partial charge is 0.263 e. The summed E-state index contributed by atoms with van der Waals surface area (Å²) in [5.41, 5.74) is 2.13. The van der Waals surface area contributed by atoms with Crippen LogP contribution in [0.25, 0.3) is 9.88 Å². The lowest BCUT2D eigenvalue weighted by Gasteiger charge is -2.16. The van der Waals surface area contributed by atoms with Gasteiger partial charge in [-0.3, -0.25) is 9.69 Å². The molecule has 6 heteroatoms. The van der Waals surface area contributed by atoms with Crippen LogP contribution in [-0.4, -0.2) is 34.9 Å². The van der Waals surface area contributed by atoms with E-state index in [4.69, 9.17) is 0 Å². The van der Waals surface area contributed by atoms with Gasteiger partial charge in [0.25, 0.3) is 5.91 Å². The van der Waals surface area contributed by atoms with E-state index in [0.29, 0.717) is 0 Å². The molecule has 1 atom stereocenters. The van der Waals surface area contributed by atoms with Crippen molar-refractivity contribution in [2.45, 2.75) is 25.9 Å². The van der Waals surface area contributed by atoms with Gasteiger partial charge in [0.2, 0.25) is 0 Å². The van der Waals surface area contributed by atoms with Crippen molar-refractivity contribution in [3.05, 3.63) is 64.0 Å². The van der Waals surface area contributed by atoms with Gasteiger partial charge >= 0.3 is 0 Å². The van der Waals surface area contributed by atoms with E-state index in [1.807, 2.05) is 30.5 Å². The van der Waals surface area contributed by atoms with Crippen LogP contribution in [0.3, 0.4) is 0 Å². The Morgan fingerprint density at radius 2 is 2.12 bits per heavy atom. The molecule has 0 bridgehead atoms. The molecule has 3 heterocycles. The molecule has 3 aromatic rings. The molecule has 1 amide bonds. The summed E-state index contributed by atoms with van der Waals surface area (Å²) < 4.78 is 0. The highest BCUT2D eigenvalue weighted by Crippen LogP contribution is 2.31. The standard InChI is InChI=1S/C20H21N3OS2/c1-14-18(26-20(21-14)17-8-5-11-25-17)19(24)22-16-9-10-23(13-16)12-15-6-3-2-4-7-15/h2-8,11,16H,9-10,12-13H2,1H3,(H,22,24)/t16-/m0/s1. The van der Waals surface area contributed by atoms with E-state index in [1.165, 1.54) is 16.9 Å². The second kappa shape index (κ2) is 7.70. The number of carbonyl (C=O) groups excluding carboxylic acids is 1. The van der Waals surface area contributed by atoms with Crippen LogP contribution in [0, 0.1) is 6.92 Å². The third kappa shape index (κ3) is 3.87. The number of thiophene rings is 1. The van der Waals surface area contributed by atoms with Crippen molar-refractivity contribution in [3.8, 4) is 9.88 Å². The Kier molecular flexibility index (Phi) is 5.15. The van der Waals surface area contributed by atoms with Crippen molar-refractivity contribution in [2.24, 2.45) is 0 Å². The lowest BCUT2D eigenvalue weighted by molar-refractivity contribution is 0.0941. The van der Waals surface area contributed by atoms with Gasteiger partial charge in [-0.1, -0.05) is 36.4 Å². The molecule has 1 saturated heterocycles. The molecule has 26 heavy (non-hydrogen) atoms. The fourth-order valence-corrected chi connectivity index (χ4v) is 5.07. The maximum Gasteiger partial charge on any atom is 0.263 e. The van der Waals surface area contributed by atoms with Crippen LogP contribution in [0.1, 0.15) is 27.3 Å². The summed E-state index contributed by atoms with van der Waals surface area (Å²) in [5.74, 6) is 0.00867. The highest BCUT2D eigenvalue weighted by molar-refractivity contribution is 7.22. The van der Waals surface area contributed by atoms with E-state index in [0.717, 1.165) is 46.5 Å². The topological polar surface area (TPSA) is 45.2 Å². The molecule has 134 valence electrons. The van der Waals surface area contributed by atoms with Crippen LogP contribution in [0.5, 0.6) is 0 Å². The predicted octanol–water partition coefficient (Wildman–Crippen LogP) is 4.18. The van der Waals surface area contributed by atoms with Gasteiger partial charge in [-0.15, -0.1) is 22.7 Å². The van der Waals surface area contributed by atoms with Crippen LogP contribution in [0.15, 0.2) is 47.8 Å². The first-order chi connectivity index (χ1) is 12.7. The first-order valence-electron chi connectivity index (χ1n) is 8.77. The van der Waals surface area contributed by atoms with Crippen LogP contribution >= 0.6 is 22.7 Å². The maximum atomic E-state index is 12.7. The molecule has 1 N–H and O–H groups in total. The summed E-state index contributed by atoms with van der Waals surface area (Å²) in [4.78, 5) is 21.5. The maximum absolute atomic E-state index is 12.7. The first-order valence-corrected chi connectivity index (χ1v) is 10.5. The van der Waals surface area contributed by atoms with Crippen molar-refractivity contribution in [1.29, 1.82) is 0 Å². The van der Waals surface area contributed by atoms with Crippen molar-refractivity contribution in [3.63, 3.8) is 0 Å². The number of nitrogens with one attached hydrogen (secondary N) is 1. The van der Waals surface area contributed by atoms with Gasteiger partial charge in [0.15, 0.2) is 0 Å². The monoisotopic (exact) mass is 383 g/mol. The number of hydrogen-bond donors (Lipinski definition) is 1. The van der Waals surface area contributed by atoms with Gasteiger partial charge in [-0.25, -0.2) is 4.98 Å². The van der Waals surface area contributed by atoms with Crippen molar-refractivity contribution in [2.75, 3.05) is 13.1 Å². The molecule has 1 fully saturated rings. The Bertz CT molecular complexity index is 874. The molecule has 1 aliphatic heterocycles. The fourth-order valence-electron chi connectivity index (χ4n) is 3.30. The third-order valence-electron chi connectivity index (χ3n) is 4.59. The number of aromatic nitrogens is 1. The number of nitrogens with zero attached hydrogens (tertiary/aromatic N) is 2. The van der Waals surface area contributed by atoms with Crippen LogP contribution in [0.2, 0.25) is 0 Å². The summed E-state index contributed by atoms with van der Waals surface area (Å²) in [5, 5.41) is 6.17. The SMILES string of the molecule is Cc1nc(-c2cccs2)sc1C(=O)N[C@H]1CCN(Cc2ccccc2)C1. The van der Waals surface area contributed by atoms with Gasteiger partial charge in [0.1, 0.15) is 9.88 Å². The molecule has 0 aliphatic carbocycles. The van der Waals surface area contributed by atoms with E-state index in [2.05, 4.69) is 39.5 Å². The summed E-state index contributed by atoms with van der Waals surface area (Å²) in [6, 6.07) is 14.7. The molecule has 0 radical (unpaired) electrons. The van der Waals surface area contributed by atoms with Gasteiger partial charge in [0, 0.05) is 25.7 Å². The van der Waals surface area contributed by atoms with Crippen LogP contribution in [-0.2, 0) is 6.54 Å². The number of aryl methyl sites for hydroxylation is 1. The first kappa shape index (κ1) is 17.4. The number of rotatable bonds is 5. The lowest BCUT2D eigenvalue weighted by Crippen LogP contribution is -2.36. The number of benzene rings is 1. The molecule has 0 saturated carbocycles. The largest absolute Gasteiger partial charge is 0.347 e. The molecular formula is C20H21N3OS2. The van der Waals surface area contributed by atoms with Crippen molar-refractivity contribution >= 4 is 28.6 Å². The van der Waals surface area contributed by atoms with Crippen molar-refractivity contribution in [1.82, 2.24) is 15.2 Å². The van der Waals surface area contributed by atoms with Gasteiger partial charge in [-0.05, 0) is 30.4 Å². The van der Waals surface area contributed by atoms with E-state index in [1.54, 1.807) is 11.3 Å². The van der Waals surface area contributed by atoms with Crippen LogP contribution < -0.4 is 5.32 Å². The van der Waals surface area contributed by atoms with Gasteiger partial charge in [-0.2, -0.15) is 0 Å². The highest BCUT2D eigenvalue weighted by atomic mass is 32.1. The number of likely N-dealkylation sites (tertiary alicyclic amines) is 1. The molecule has 4 nitrogen and oxygen atoms in total. The number of hydrogen-bond acceptors (Lipinski definition) is 5. The minimum absolute atomic E-state index is 0.00867. The zero-order valence-corrected chi connectivity index (χ0v) is 16.3. The molecular weight excluding hydrogens is 362 g/mol. The molecule has 0 unspecified atom stereocenters. The van der Waals surface area contributed by atoms with Crippen molar-refractivity contribution < 1.29 is 4.79 Å². The quantitative estimate of drug-likeness (QED) is 0.719. The van der Waals surface area contributed by atoms with Gasteiger partial charge < -0.3 is 5.32 Å². The Hall–Kier alpha value is -2.02. The predicted molar refractivity (Wildman–Crippen MR) is 108 cm³/mol. The Balaban J connectivity index is 1.37. The molecule has 1 aliphatic rings.